The van der Waals surface area contributed by atoms with E-state index in [0.29, 0.717) is 12.0 Å². The van der Waals surface area contributed by atoms with Gasteiger partial charge in [0.1, 0.15) is 17.8 Å². The van der Waals surface area contributed by atoms with Crippen LogP contribution in [0.5, 0.6) is 5.75 Å². The maximum Gasteiger partial charge on any atom is 0.244 e. The molecule has 0 aliphatic heterocycles. The number of phenols is 1. The summed E-state index contributed by atoms with van der Waals surface area (Å²) in [6, 6.07) is 4.11. The van der Waals surface area contributed by atoms with Gasteiger partial charge in [-0.2, -0.15) is 0 Å². The van der Waals surface area contributed by atoms with Gasteiger partial charge >= 0.3 is 0 Å². The highest BCUT2D eigenvalue weighted by atomic mass is 16.5. The van der Waals surface area contributed by atoms with E-state index in [9.17, 15) is 24.3 Å². The lowest BCUT2D eigenvalue weighted by Crippen LogP contribution is -2.54. The summed E-state index contributed by atoms with van der Waals surface area (Å²) < 4.78 is 0. The second kappa shape index (κ2) is 11.8. The van der Waals surface area contributed by atoms with Gasteiger partial charge in [-0.25, -0.2) is 5.48 Å². The van der Waals surface area contributed by atoms with Crippen molar-refractivity contribution in [1.82, 2.24) is 16.1 Å². The van der Waals surface area contributed by atoms with Crippen molar-refractivity contribution in [3.8, 4) is 5.75 Å². The predicted octanol–water partition coefficient (Wildman–Crippen LogP) is -0.0327. The summed E-state index contributed by atoms with van der Waals surface area (Å²) >= 11 is 0. The van der Waals surface area contributed by atoms with Crippen LogP contribution in [0.1, 0.15) is 39.2 Å². The Kier molecular flexibility index (Phi) is 9.76. The molecular formula is C20H30N4O6. The van der Waals surface area contributed by atoms with Crippen LogP contribution in [0.25, 0.3) is 0 Å². The minimum absolute atomic E-state index is 0.0538. The molecule has 1 aromatic carbocycles. The van der Waals surface area contributed by atoms with Crippen molar-refractivity contribution in [2.24, 2.45) is 17.6 Å². The third-order valence-electron chi connectivity index (χ3n) is 4.48. The average molecular weight is 422 g/mol. The maximum atomic E-state index is 12.8. The van der Waals surface area contributed by atoms with Gasteiger partial charge in [0, 0.05) is 18.8 Å². The number of primary amides is 1. The van der Waals surface area contributed by atoms with Crippen LogP contribution in [0, 0.1) is 11.8 Å². The third-order valence-corrected chi connectivity index (χ3v) is 4.48. The number of rotatable bonds is 11. The molecule has 3 atom stereocenters. The van der Waals surface area contributed by atoms with Gasteiger partial charge in [-0.3, -0.25) is 24.4 Å². The van der Waals surface area contributed by atoms with Gasteiger partial charge in [-0.1, -0.05) is 26.0 Å². The van der Waals surface area contributed by atoms with Gasteiger partial charge in [-0.15, -0.1) is 0 Å². The van der Waals surface area contributed by atoms with Crippen LogP contribution >= 0.6 is 0 Å². The fourth-order valence-corrected chi connectivity index (χ4v) is 2.87. The van der Waals surface area contributed by atoms with Crippen molar-refractivity contribution in [3.63, 3.8) is 0 Å². The lowest BCUT2D eigenvalue weighted by atomic mass is 9.92. The fourth-order valence-electron chi connectivity index (χ4n) is 2.87. The molecule has 4 amide bonds. The number of hydroxylamine groups is 1. The second-order valence-electron chi connectivity index (χ2n) is 7.63. The largest absolute Gasteiger partial charge is 0.508 e. The molecule has 0 aliphatic rings. The molecular weight excluding hydrogens is 392 g/mol. The lowest BCUT2D eigenvalue weighted by Gasteiger charge is -2.24. The predicted molar refractivity (Wildman–Crippen MR) is 108 cm³/mol. The zero-order valence-corrected chi connectivity index (χ0v) is 17.3. The zero-order chi connectivity index (χ0) is 22.8. The average Bonchev–Trinajstić information content (AvgIpc) is 2.67. The first-order valence-electron chi connectivity index (χ1n) is 9.64. The second-order valence-corrected chi connectivity index (χ2v) is 7.63. The Bertz CT molecular complexity index is 750. The molecule has 0 fully saturated rings. The van der Waals surface area contributed by atoms with Crippen LogP contribution < -0.4 is 21.8 Å². The first kappa shape index (κ1) is 24.9. The monoisotopic (exact) mass is 422 g/mol. The number of nitrogens with two attached hydrogens (primary N) is 1. The Morgan fingerprint density at radius 2 is 1.60 bits per heavy atom. The molecule has 7 N–H and O–H groups in total. The van der Waals surface area contributed by atoms with Gasteiger partial charge in [-0.05, 0) is 37.0 Å². The summed E-state index contributed by atoms with van der Waals surface area (Å²) in [5.74, 6) is -3.20. The van der Waals surface area contributed by atoms with Crippen molar-refractivity contribution in [2.45, 2.75) is 52.1 Å². The van der Waals surface area contributed by atoms with Crippen LogP contribution in [-0.2, 0) is 25.6 Å². The Labute approximate surface area is 175 Å². The van der Waals surface area contributed by atoms with Gasteiger partial charge in [0.25, 0.3) is 0 Å². The molecule has 0 bridgehead atoms. The van der Waals surface area contributed by atoms with Crippen molar-refractivity contribution in [2.75, 3.05) is 0 Å². The van der Waals surface area contributed by atoms with Crippen molar-refractivity contribution >= 4 is 23.6 Å². The number of phenolic OH excluding ortho intramolecular Hbond substituents is 1. The van der Waals surface area contributed by atoms with Crippen LogP contribution in [0.2, 0.25) is 0 Å². The molecule has 0 aliphatic carbocycles. The van der Waals surface area contributed by atoms with E-state index in [4.69, 9.17) is 10.9 Å². The van der Waals surface area contributed by atoms with Crippen LogP contribution in [-0.4, -0.2) is 46.0 Å². The summed E-state index contributed by atoms with van der Waals surface area (Å²) in [5.41, 5.74) is 7.36. The number of nitrogens with one attached hydrogen (secondary N) is 3. The fraction of sp³-hybridized carbons (Fsp3) is 0.500. The molecule has 10 nitrogen and oxygen atoms in total. The van der Waals surface area contributed by atoms with Gasteiger partial charge in [0.15, 0.2) is 0 Å². The summed E-state index contributed by atoms with van der Waals surface area (Å²) in [7, 11) is 0. The smallest absolute Gasteiger partial charge is 0.244 e. The Balaban J connectivity index is 3.03. The number of amides is 4. The molecule has 1 aromatic rings. The topological polar surface area (TPSA) is 171 Å². The number of carbonyl (C=O) groups is 4. The first-order valence-corrected chi connectivity index (χ1v) is 9.64. The van der Waals surface area contributed by atoms with E-state index in [2.05, 4.69) is 10.6 Å². The molecule has 1 rings (SSSR count). The highest BCUT2D eigenvalue weighted by Gasteiger charge is 2.29. The van der Waals surface area contributed by atoms with Gasteiger partial charge in [0.2, 0.25) is 23.6 Å². The van der Waals surface area contributed by atoms with Crippen LogP contribution in [0.4, 0.5) is 0 Å². The quantitative estimate of drug-likeness (QED) is 0.216. The minimum atomic E-state index is -1.05. The van der Waals surface area contributed by atoms with Crippen LogP contribution in [0.15, 0.2) is 24.3 Å². The SMILES string of the molecule is CC(C)CC(CC(=O)NO)C(=O)N[C@@H](Cc1ccc(O)cc1)C(=O)N[C@@H](C)C(N)=O. The van der Waals surface area contributed by atoms with E-state index in [-0.39, 0.29) is 24.5 Å². The summed E-state index contributed by atoms with van der Waals surface area (Å²) in [6.07, 6.45) is 0.209. The summed E-state index contributed by atoms with van der Waals surface area (Å²) in [4.78, 5) is 48.4. The summed E-state index contributed by atoms with van der Waals surface area (Å²) in [6.45, 7) is 5.19. The van der Waals surface area contributed by atoms with Crippen molar-refractivity contribution < 1.29 is 29.5 Å². The highest BCUT2D eigenvalue weighted by Crippen LogP contribution is 2.17. The van der Waals surface area contributed by atoms with Crippen molar-refractivity contribution in [1.29, 1.82) is 0 Å². The van der Waals surface area contributed by atoms with Gasteiger partial charge < -0.3 is 21.5 Å². The minimum Gasteiger partial charge on any atom is -0.508 e. The lowest BCUT2D eigenvalue weighted by molar-refractivity contribution is -0.136. The molecule has 0 heterocycles. The molecule has 0 saturated heterocycles. The molecule has 0 aromatic heterocycles. The number of hydrogen-bond acceptors (Lipinski definition) is 6. The van der Waals surface area contributed by atoms with E-state index in [1.165, 1.54) is 24.5 Å². The van der Waals surface area contributed by atoms with E-state index in [1.807, 2.05) is 13.8 Å². The van der Waals surface area contributed by atoms with E-state index in [1.54, 1.807) is 12.1 Å². The number of aromatic hydroxyl groups is 1. The van der Waals surface area contributed by atoms with E-state index in [0.717, 1.165) is 0 Å². The Morgan fingerprint density at radius 1 is 1.00 bits per heavy atom. The Hall–Kier alpha value is -3.14. The van der Waals surface area contributed by atoms with E-state index >= 15 is 0 Å². The molecule has 0 radical (unpaired) electrons. The number of benzene rings is 1. The number of carbonyl (C=O) groups excluding carboxylic acids is 4. The standard InChI is InChI=1S/C20H30N4O6/c1-11(2)8-14(10-17(26)24-30)19(28)23-16(20(29)22-12(3)18(21)27)9-13-4-6-15(25)7-5-13/h4-7,11-12,14,16,25,30H,8-10H2,1-3H3,(H2,21,27)(H,22,29)(H,23,28)(H,24,26)/t12-,14?,16-/m0/s1. The van der Waals surface area contributed by atoms with Crippen LogP contribution in [0.3, 0.4) is 0 Å². The zero-order valence-electron chi connectivity index (χ0n) is 17.3. The molecule has 0 saturated carbocycles. The highest BCUT2D eigenvalue weighted by molar-refractivity contribution is 5.93. The Morgan fingerprint density at radius 3 is 2.10 bits per heavy atom. The first-order chi connectivity index (χ1) is 14.0. The number of hydrogen-bond donors (Lipinski definition) is 6. The molecule has 166 valence electrons. The maximum absolute atomic E-state index is 12.8. The molecule has 1 unspecified atom stereocenters. The molecule has 10 heteroatoms. The third kappa shape index (κ3) is 8.48. The normalized spacial score (nSPS) is 13.8. The van der Waals surface area contributed by atoms with E-state index < -0.39 is 41.6 Å². The van der Waals surface area contributed by atoms with Gasteiger partial charge in [0.05, 0.1) is 0 Å². The molecule has 0 spiro atoms. The molecule has 30 heavy (non-hydrogen) atoms. The van der Waals surface area contributed by atoms with Crippen molar-refractivity contribution in [3.05, 3.63) is 29.8 Å². The summed E-state index contributed by atoms with van der Waals surface area (Å²) in [5, 5.41) is 23.3.